The number of ketones is 1. The first kappa shape index (κ1) is 18.4. The summed E-state index contributed by atoms with van der Waals surface area (Å²) in [6.45, 7) is 3.50. The highest BCUT2D eigenvalue weighted by atomic mass is 16.5. The lowest BCUT2D eigenvalue weighted by atomic mass is 10.1. The zero-order valence-corrected chi connectivity index (χ0v) is 15.7. The van der Waals surface area contributed by atoms with Crippen LogP contribution in [-0.2, 0) is 7.05 Å². The van der Waals surface area contributed by atoms with E-state index in [0.717, 1.165) is 22.6 Å². The predicted molar refractivity (Wildman–Crippen MR) is 104 cm³/mol. The van der Waals surface area contributed by atoms with E-state index < -0.39 is 0 Å². The van der Waals surface area contributed by atoms with Crippen molar-refractivity contribution in [2.75, 3.05) is 12.4 Å². The van der Waals surface area contributed by atoms with Gasteiger partial charge in [0.05, 0.1) is 12.8 Å². The molecule has 1 heterocycles. The number of rotatable bonds is 5. The van der Waals surface area contributed by atoms with Crippen molar-refractivity contribution in [1.29, 1.82) is 0 Å². The fourth-order valence-corrected chi connectivity index (χ4v) is 2.84. The number of aromatic nitrogens is 2. The van der Waals surface area contributed by atoms with Crippen molar-refractivity contribution in [3.8, 4) is 17.0 Å². The Morgan fingerprint density at radius 3 is 2.41 bits per heavy atom. The van der Waals surface area contributed by atoms with Crippen LogP contribution >= 0.6 is 0 Å². The van der Waals surface area contributed by atoms with Gasteiger partial charge >= 0.3 is 0 Å². The summed E-state index contributed by atoms with van der Waals surface area (Å²) in [5, 5.41) is 7.13. The molecule has 27 heavy (non-hydrogen) atoms. The van der Waals surface area contributed by atoms with Gasteiger partial charge in [-0.3, -0.25) is 14.3 Å². The van der Waals surface area contributed by atoms with Crippen LogP contribution in [0.2, 0.25) is 0 Å². The molecule has 6 nitrogen and oxygen atoms in total. The summed E-state index contributed by atoms with van der Waals surface area (Å²) in [5.41, 5.74) is 4.24. The Labute approximate surface area is 157 Å². The molecule has 3 rings (SSSR count). The van der Waals surface area contributed by atoms with Gasteiger partial charge in [0.25, 0.3) is 5.91 Å². The second kappa shape index (κ2) is 7.45. The van der Waals surface area contributed by atoms with E-state index in [1.54, 1.807) is 49.2 Å². The predicted octanol–water partition coefficient (Wildman–Crippen LogP) is 3.86. The van der Waals surface area contributed by atoms with Crippen LogP contribution in [0.4, 0.5) is 5.69 Å². The van der Waals surface area contributed by atoms with Crippen LogP contribution in [0.5, 0.6) is 5.75 Å². The summed E-state index contributed by atoms with van der Waals surface area (Å²) in [6.07, 6.45) is 0. The van der Waals surface area contributed by atoms with E-state index >= 15 is 0 Å². The molecule has 1 amide bonds. The van der Waals surface area contributed by atoms with E-state index in [1.165, 1.54) is 6.92 Å². The van der Waals surface area contributed by atoms with Crippen LogP contribution < -0.4 is 10.1 Å². The average molecular weight is 363 g/mol. The molecule has 0 saturated heterocycles. The number of nitrogens with one attached hydrogen (secondary N) is 1. The third-order valence-corrected chi connectivity index (χ3v) is 4.29. The molecular formula is C21H21N3O3. The first-order valence-electron chi connectivity index (χ1n) is 8.50. The molecule has 2 aromatic carbocycles. The van der Waals surface area contributed by atoms with Crippen LogP contribution in [0.3, 0.4) is 0 Å². The minimum atomic E-state index is -0.320. The highest BCUT2D eigenvalue weighted by Gasteiger charge is 2.17. The van der Waals surface area contributed by atoms with Crippen molar-refractivity contribution in [3.63, 3.8) is 0 Å². The standard InChI is InChI=1S/C21H21N3O3/c1-13-5-10-20(27-4)17(11-13)19-12-18(23-24(19)3)21(26)22-16-8-6-15(7-9-16)14(2)25/h5-12H,1-4H3,(H,22,26). The molecule has 0 aliphatic heterocycles. The molecule has 0 saturated carbocycles. The summed E-state index contributed by atoms with van der Waals surface area (Å²) in [4.78, 5) is 23.9. The Balaban J connectivity index is 1.86. The summed E-state index contributed by atoms with van der Waals surface area (Å²) >= 11 is 0. The molecule has 0 aliphatic rings. The number of ether oxygens (including phenoxy) is 1. The first-order chi connectivity index (χ1) is 12.9. The second-order valence-electron chi connectivity index (χ2n) is 6.33. The minimum Gasteiger partial charge on any atom is -0.496 e. The van der Waals surface area contributed by atoms with Crippen molar-refractivity contribution < 1.29 is 14.3 Å². The van der Waals surface area contributed by atoms with Crippen LogP contribution in [-0.4, -0.2) is 28.6 Å². The van der Waals surface area contributed by atoms with Gasteiger partial charge in [-0.1, -0.05) is 11.6 Å². The quantitative estimate of drug-likeness (QED) is 0.699. The zero-order chi connectivity index (χ0) is 19.6. The number of aryl methyl sites for hydroxylation is 2. The van der Waals surface area contributed by atoms with Crippen LogP contribution in [0, 0.1) is 6.92 Å². The van der Waals surface area contributed by atoms with Crippen molar-refractivity contribution in [1.82, 2.24) is 9.78 Å². The molecule has 1 N–H and O–H groups in total. The third kappa shape index (κ3) is 3.89. The normalized spacial score (nSPS) is 10.5. The summed E-state index contributed by atoms with van der Waals surface area (Å²) in [6, 6.07) is 14.3. The molecule has 138 valence electrons. The number of amides is 1. The van der Waals surface area contributed by atoms with Gasteiger partial charge in [0.2, 0.25) is 0 Å². The Kier molecular flexibility index (Phi) is 5.07. The van der Waals surface area contributed by atoms with Gasteiger partial charge in [-0.25, -0.2) is 0 Å². The number of carbonyl (C=O) groups excluding carboxylic acids is 2. The molecule has 1 aromatic heterocycles. The highest BCUT2D eigenvalue weighted by molar-refractivity contribution is 6.04. The molecule has 0 aliphatic carbocycles. The Morgan fingerprint density at radius 2 is 1.78 bits per heavy atom. The van der Waals surface area contributed by atoms with Gasteiger partial charge in [-0.15, -0.1) is 0 Å². The number of methoxy groups -OCH3 is 1. The molecule has 0 radical (unpaired) electrons. The number of hydrogen-bond donors (Lipinski definition) is 1. The van der Waals surface area contributed by atoms with E-state index in [9.17, 15) is 9.59 Å². The molecule has 0 bridgehead atoms. The largest absolute Gasteiger partial charge is 0.496 e. The number of anilines is 1. The van der Waals surface area contributed by atoms with Crippen LogP contribution in [0.25, 0.3) is 11.3 Å². The summed E-state index contributed by atoms with van der Waals surface area (Å²) in [7, 11) is 3.40. The summed E-state index contributed by atoms with van der Waals surface area (Å²) < 4.78 is 7.09. The smallest absolute Gasteiger partial charge is 0.276 e. The van der Waals surface area contributed by atoms with Crippen LogP contribution in [0.1, 0.15) is 33.3 Å². The molecule has 3 aromatic rings. The molecular weight excluding hydrogens is 342 g/mol. The Hall–Kier alpha value is -3.41. The number of hydrogen-bond acceptors (Lipinski definition) is 4. The van der Waals surface area contributed by atoms with Crippen LogP contribution in [0.15, 0.2) is 48.5 Å². The maximum atomic E-state index is 12.6. The molecule has 0 unspecified atom stereocenters. The highest BCUT2D eigenvalue weighted by Crippen LogP contribution is 2.31. The SMILES string of the molecule is COc1ccc(C)cc1-c1cc(C(=O)Nc2ccc(C(C)=O)cc2)nn1C. The lowest BCUT2D eigenvalue weighted by Gasteiger charge is -2.09. The van der Waals surface area contributed by atoms with Gasteiger partial charge in [-0.05, 0) is 56.3 Å². The van der Waals surface area contributed by atoms with E-state index in [0.29, 0.717) is 16.9 Å². The van der Waals surface area contributed by atoms with Gasteiger partial charge in [0.15, 0.2) is 11.5 Å². The maximum absolute atomic E-state index is 12.6. The van der Waals surface area contributed by atoms with Crippen molar-refractivity contribution in [2.24, 2.45) is 7.05 Å². The van der Waals surface area contributed by atoms with E-state index in [-0.39, 0.29) is 11.7 Å². The Morgan fingerprint density at radius 1 is 1.07 bits per heavy atom. The van der Waals surface area contributed by atoms with Crippen molar-refractivity contribution in [3.05, 3.63) is 65.4 Å². The zero-order valence-electron chi connectivity index (χ0n) is 15.7. The van der Waals surface area contributed by atoms with Gasteiger partial charge < -0.3 is 10.1 Å². The lowest BCUT2D eigenvalue weighted by molar-refractivity contribution is 0.101. The molecule has 6 heteroatoms. The fraction of sp³-hybridized carbons (Fsp3) is 0.190. The number of carbonyl (C=O) groups is 2. The van der Waals surface area contributed by atoms with Gasteiger partial charge in [0, 0.05) is 23.9 Å². The fourth-order valence-electron chi connectivity index (χ4n) is 2.84. The average Bonchev–Trinajstić information content (AvgIpc) is 3.04. The lowest BCUT2D eigenvalue weighted by Crippen LogP contribution is -2.13. The Bertz CT molecular complexity index is 1000. The first-order valence-corrected chi connectivity index (χ1v) is 8.50. The van der Waals surface area contributed by atoms with E-state index in [1.807, 2.05) is 25.1 Å². The molecule has 0 spiro atoms. The number of nitrogens with zero attached hydrogens (tertiary/aromatic N) is 2. The minimum absolute atomic E-state index is 0.0191. The van der Waals surface area contributed by atoms with Crippen molar-refractivity contribution >= 4 is 17.4 Å². The second-order valence-corrected chi connectivity index (χ2v) is 6.33. The maximum Gasteiger partial charge on any atom is 0.276 e. The third-order valence-electron chi connectivity index (χ3n) is 4.29. The molecule has 0 atom stereocenters. The summed E-state index contributed by atoms with van der Waals surface area (Å²) in [5.74, 6) is 0.378. The number of benzene rings is 2. The van der Waals surface area contributed by atoms with Gasteiger partial charge in [0.1, 0.15) is 5.75 Å². The topological polar surface area (TPSA) is 73.2 Å². The van der Waals surface area contributed by atoms with E-state index in [2.05, 4.69) is 10.4 Å². The molecule has 0 fully saturated rings. The van der Waals surface area contributed by atoms with Gasteiger partial charge in [-0.2, -0.15) is 5.10 Å². The van der Waals surface area contributed by atoms with E-state index in [4.69, 9.17) is 4.74 Å². The number of Topliss-reactive ketones (excluding diaryl/α,β-unsaturated/α-hetero) is 1. The monoisotopic (exact) mass is 363 g/mol. The van der Waals surface area contributed by atoms with Crippen molar-refractivity contribution in [2.45, 2.75) is 13.8 Å².